The molecule has 0 aliphatic heterocycles. The smallest absolute Gasteiger partial charge is 0.323 e. The number of hydrogen-bond acceptors (Lipinski definition) is 2. The molecule has 0 saturated heterocycles. The van der Waals surface area contributed by atoms with Crippen LogP contribution in [0.25, 0.3) is 0 Å². The SMILES string of the molecule is Cc1ccc(NC(=O)Nc2ccc(C(C)(C)C)cc2)c(N)c1. The normalized spacial score (nSPS) is 11.1. The van der Waals surface area contributed by atoms with Crippen LogP contribution >= 0.6 is 0 Å². The predicted octanol–water partition coefficient (Wildman–Crippen LogP) is 4.52. The third-order valence-corrected chi connectivity index (χ3v) is 3.46. The van der Waals surface area contributed by atoms with E-state index in [1.54, 1.807) is 6.07 Å². The zero-order valence-corrected chi connectivity index (χ0v) is 13.5. The fourth-order valence-electron chi connectivity index (χ4n) is 2.13. The standard InChI is InChI=1S/C18H23N3O/c1-12-5-10-16(15(19)11-12)21-17(22)20-14-8-6-13(7-9-14)18(2,3)4/h5-11H,19H2,1-4H3,(H2,20,21,22). The number of rotatable bonds is 2. The molecular formula is C18H23N3O. The van der Waals surface area contributed by atoms with E-state index in [0.29, 0.717) is 11.4 Å². The van der Waals surface area contributed by atoms with E-state index in [1.165, 1.54) is 5.56 Å². The average Bonchev–Trinajstić information content (AvgIpc) is 2.41. The molecule has 22 heavy (non-hydrogen) atoms. The number of anilines is 3. The number of nitrogens with one attached hydrogen (secondary N) is 2. The zero-order valence-electron chi connectivity index (χ0n) is 13.5. The summed E-state index contributed by atoms with van der Waals surface area (Å²) in [5, 5.41) is 5.56. The van der Waals surface area contributed by atoms with Gasteiger partial charge in [-0.3, -0.25) is 0 Å². The highest BCUT2D eigenvalue weighted by molar-refractivity contribution is 6.01. The molecule has 4 heteroatoms. The highest BCUT2D eigenvalue weighted by Crippen LogP contribution is 2.24. The van der Waals surface area contributed by atoms with Crippen LogP contribution in [0, 0.1) is 6.92 Å². The predicted molar refractivity (Wildman–Crippen MR) is 93.4 cm³/mol. The highest BCUT2D eigenvalue weighted by atomic mass is 16.2. The molecular weight excluding hydrogens is 274 g/mol. The minimum Gasteiger partial charge on any atom is -0.397 e. The van der Waals surface area contributed by atoms with Crippen LogP contribution in [0.1, 0.15) is 31.9 Å². The minimum absolute atomic E-state index is 0.0944. The van der Waals surface area contributed by atoms with Crippen LogP contribution in [-0.4, -0.2) is 6.03 Å². The molecule has 0 radical (unpaired) electrons. The number of nitrogen functional groups attached to an aromatic ring is 1. The number of nitrogens with two attached hydrogens (primary N) is 1. The summed E-state index contributed by atoms with van der Waals surface area (Å²) in [6, 6.07) is 13.1. The van der Waals surface area contributed by atoms with Gasteiger partial charge >= 0.3 is 6.03 Å². The Kier molecular flexibility index (Phi) is 4.40. The largest absolute Gasteiger partial charge is 0.397 e. The molecule has 0 saturated carbocycles. The monoisotopic (exact) mass is 297 g/mol. The number of amides is 2. The van der Waals surface area contributed by atoms with E-state index in [1.807, 2.05) is 43.3 Å². The van der Waals surface area contributed by atoms with Crippen molar-refractivity contribution in [3.8, 4) is 0 Å². The van der Waals surface area contributed by atoms with Gasteiger partial charge in [-0.15, -0.1) is 0 Å². The zero-order chi connectivity index (χ0) is 16.3. The lowest BCUT2D eigenvalue weighted by Crippen LogP contribution is -2.20. The van der Waals surface area contributed by atoms with E-state index < -0.39 is 0 Å². The number of urea groups is 1. The van der Waals surface area contributed by atoms with Gasteiger partial charge < -0.3 is 16.4 Å². The molecule has 4 N–H and O–H groups in total. The van der Waals surface area contributed by atoms with Crippen LogP contribution in [0.4, 0.5) is 21.9 Å². The molecule has 0 atom stereocenters. The molecule has 0 spiro atoms. The van der Waals surface area contributed by atoms with Gasteiger partial charge in [-0.2, -0.15) is 0 Å². The molecule has 0 fully saturated rings. The molecule has 116 valence electrons. The Balaban J connectivity index is 2.03. The third-order valence-electron chi connectivity index (χ3n) is 3.46. The molecule has 0 aliphatic rings. The van der Waals surface area contributed by atoms with E-state index in [4.69, 9.17) is 5.73 Å². The van der Waals surface area contributed by atoms with Gasteiger partial charge in [0.2, 0.25) is 0 Å². The Morgan fingerprint density at radius 2 is 1.64 bits per heavy atom. The Morgan fingerprint density at radius 3 is 2.18 bits per heavy atom. The van der Waals surface area contributed by atoms with Crippen molar-refractivity contribution in [2.45, 2.75) is 33.1 Å². The fraction of sp³-hybridized carbons (Fsp3) is 0.278. The van der Waals surface area contributed by atoms with Gasteiger partial charge in [0.15, 0.2) is 0 Å². The van der Waals surface area contributed by atoms with Crippen LogP contribution in [0.15, 0.2) is 42.5 Å². The first-order valence-corrected chi connectivity index (χ1v) is 7.30. The highest BCUT2D eigenvalue weighted by Gasteiger charge is 2.13. The second kappa shape index (κ2) is 6.10. The van der Waals surface area contributed by atoms with Crippen molar-refractivity contribution in [1.82, 2.24) is 0 Å². The van der Waals surface area contributed by atoms with E-state index in [0.717, 1.165) is 11.3 Å². The quantitative estimate of drug-likeness (QED) is 0.713. The Hall–Kier alpha value is -2.49. The number of aryl methyl sites for hydroxylation is 1. The molecule has 2 aromatic rings. The number of carbonyl (C=O) groups is 1. The van der Waals surface area contributed by atoms with Crippen LogP contribution in [0.2, 0.25) is 0 Å². The van der Waals surface area contributed by atoms with Crippen LogP contribution in [0.3, 0.4) is 0 Å². The van der Waals surface area contributed by atoms with E-state index in [9.17, 15) is 4.79 Å². The number of hydrogen-bond donors (Lipinski definition) is 3. The summed E-state index contributed by atoms with van der Waals surface area (Å²) in [6.07, 6.45) is 0. The van der Waals surface area contributed by atoms with Crippen LogP contribution in [-0.2, 0) is 5.41 Å². The molecule has 2 rings (SSSR count). The summed E-state index contributed by atoms with van der Waals surface area (Å²) < 4.78 is 0. The van der Waals surface area contributed by atoms with Crippen molar-refractivity contribution in [3.05, 3.63) is 53.6 Å². The Morgan fingerprint density at radius 1 is 1.00 bits per heavy atom. The average molecular weight is 297 g/mol. The first kappa shape index (κ1) is 15.9. The van der Waals surface area contributed by atoms with Gasteiger partial charge in [0.25, 0.3) is 0 Å². The maximum atomic E-state index is 12.0. The van der Waals surface area contributed by atoms with E-state index in [-0.39, 0.29) is 11.4 Å². The van der Waals surface area contributed by atoms with Crippen molar-refractivity contribution in [2.75, 3.05) is 16.4 Å². The van der Waals surface area contributed by atoms with Crippen molar-refractivity contribution in [2.24, 2.45) is 0 Å². The molecule has 0 bridgehead atoms. The summed E-state index contributed by atoms with van der Waals surface area (Å²) >= 11 is 0. The van der Waals surface area contributed by atoms with Gasteiger partial charge in [-0.25, -0.2) is 4.79 Å². The first-order valence-electron chi connectivity index (χ1n) is 7.30. The molecule has 2 amide bonds. The fourth-order valence-corrected chi connectivity index (χ4v) is 2.13. The van der Waals surface area contributed by atoms with Gasteiger partial charge in [-0.1, -0.05) is 39.0 Å². The second-order valence-electron chi connectivity index (χ2n) is 6.50. The molecule has 0 aliphatic carbocycles. The summed E-state index contributed by atoms with van der Waals surface area (Å²) in [7, 11) is 0. The maximum Gasteiger partial charge on any atom is 0.323 e. The summed E-state index contributed by atoms with van der Waals surface area (Å²) in [4.78, 5) is 12.0. The first-order chi connectivity index (χ1) is 10.3. The summed E-state index contributed by atoms with van der Waals surface area (Å²) in [5.41, 5.74) is 10.2. The molecule has 4 nitrogen and oxygen atoms in total. The second-order valence-corrected chi connectivity index (χ2v) is 6.50. The van der Waals surface area contributed by atoms with Gasteiger partial charge in [0.1, 0.15) is 0 Å². The lowest BCUT2D eigenvalue weighted by atomic mass is 9.87. The van der Waals surface area contributed by atoms with Crippen LogP contribution < -0.4 is 16.4 Å². The molecule has 2 aromatic carbocycles. The van der Waals surface area contributed by atoms with Crippen molar-refractivity contribution < 1.29 is 4.79 Å². The molecule has 0 aromatic heterocycles. The lowest BCUT2D eigenvalue weighted by Gasteiger charge is -2.19. The summed E-state index contributed by atoms with van der Waals surface area (Å²) in [6.45, 7) is 8.42. The summed E-state index contributed by atoms with van der Waals surface area (Å²) in [5.74, 6) is 0. The Bertz CT molecular complexity index is 670. The number of carbonyl (C=O) groups excluding carboxylic acids is 1. The van der Waals surface area contributed by atoms with Gasteiger partial charge in [-0.05, 0) is 47.7 Å². The molecule has 0 heterocycles. The van der Waals surface area contributed by atoms with E-state index in [2.05, 4.69) is 31.4 Å². The number of benzene rings is 2. The van der Waals surface area contributed by atoms with Crippen molar-refractivity contribution in [1.29, 1.82) is 0 Å². The topological polar surface area (TPSA) is 67.2 Å². The van der Waals surface area contributed by atoms with Crippen LogP contribution in [0.5, 0.6) is 0 Å². The maximum absolute atomic E-state index is 12.0. The Labute approximate surface area is 131 Å². The van der Waals surface area contributed by atoms with Gasteiger partial charge in [0, 0.05) is 5.69 Å². The lowest BCUT2D eigenvalue weighted by molar-refractivity contribution is 0.262. The van der Waals surface area contributed by atoms with Gasteiger partial charge in [0.05, 0.1) is 11.4 Å². The third kappa shape index (κ3) is 4.01. The molecule has 0 unspecified atom stereocenters. The van der Waals surface area contributed by atoms with Crippen molar-refractivity contribution in [3.63, 3.8) is 0 Å². The van der Waals surface area contributed by atoms with Crippen molar-refractivity contribution >= 4 is 23.1 Å². The van der Waals surface area contributed by atoms with E-state index >= 15 is 0 Å². The minimum atomic E-state index is -0.306.